The second-order valence-electron chi connectivity index (χ2n) is 9.40. The first-order valence-electron chi connectivity index (χ1n) is 12.3. The summed E-state index contributed by atoms with van der Waals surface area (Å²) in [6, 6.07) is 18.3. The molecule has 0 aliphatic heterocycles. The summed E-state index contributed by atoms with van der Waals surface area (Å²) in [5.41, 5.74) is 3.32. The number of benzene rings is 2. The molecule has 8 nitrogen and oxygen atoms in total. The smallest absolute Gasteiger partial charge is 0.264 e. The lowest BCUT2D eigenvalue weighted by atomic mass is 10.0. The second kappa shape index (κ2) is 10.3. The van der Waals surface area contributed by atoms with Gasteiger partial charge in [-0.2, -0.15) is 5.10 Å². The zero-order valence-electron chi connectivity index (χ0n) is 21.8. The van der Waals surface area contributed by atoms with Crippen molar-refractivity contribution in [1.29, 1.82) is 0 Å². The third-order valence-electron chi connectivity index (χ3n) is 6.30. The fraction of sp³-hybridized carbons (Fsp3) is 0.200. The predicted molar refractivity (Wildman–Crippen MR) is 149 cm³/mol. The number of carbonyl (C=O) groups is 1. The molecule has 8 heteroatoms. The van der Waals surface area contributed by atoms with Crippen LogP contribution < -0.4 is 10.9 Å². The van der Waals surface area contributed by atoms with E-state index < -0.39 is 6.04 Å². The highest BCUT2D eigenvalue weighted by Crippen LogP contribution is 2.24. The summed E-state index contributed by atoms with van der Waals surface area (Å²) in [6.07, 6.45) is 3.39. The third-order valence-corrected chi connectivity index (χ3v) is 6.30. The van der Waals surface area contributed by atoms with Crippen LogP contribution in [0.4, 0.5) is 0 Å². The number of nitrogens with one attached hydrogen (secondary N) is 1. The van der Waals surface area contributed by atoms with Crippen molar-refractivity contribution >= 4 is 22.3 Å². The summed E-state index contributed by atoms with van der Waals surface area (Å²) < 4.78 is 3.25. The van der Waals surface area contributed by atoms with Gasteiger partial charge in [0.2, 0.25) is 0 Å². The largest absolute Gasteiger partial charge is 0.344 e. The maximum Gasteiger partial charge on any atom is 0.264 e. The molecule has 0 unspecified atom stereocenters. The average Bonchev–Trinajstić information content (AvgIpc) is 3.24. The summed E-state index contributed by atoms with van der Waals surface area (Å²) in [5.74, 6) is 6.00. The molecule has 0 saturated heterocycles. The van der Waals surface area contributed by atoms with Crippen LogP contribution in [0, 0.1) is 18.8 Å². The van der Waals surface area contributed by atoms with Crippen LogP contribution in [0.15, 0.2) is 77.9 Å². The number of hydrogen-bond donors (Lipinski definition) is 1. The molecule has 5 aromatic rings. The molecule has 1 N–H and O–H groups in total. The van der Waals surface area contributed by atoms with Crippen molar-refractivity contribution in [3.05, 3.63) is 106 Å². The average molecular weight is 505 g/mol. The standard InChI is InChI=1S/C30H28N6O2/c1-20(32-29(37)26-21(2)33-35-18-10-16-31-28(26)35)25-19-23-12-8-11-22(13-9-17-34(3)4)27(23)30(38)36(25)24-14-6-5-7-15-24/h5-8,10-12,14-16,18-20H,17H2,1-4H3,(H,32,37)/t20-/m0/s1. The first-order chi connectivity index (χ1) is 18.3. The summed E-state index contributed by atoms with van der Waals surface area (Å²) in [5, 5.41) is 8.79. The summed E-state index contributed by atoms with van der Waals surface area (Å²) in [6.45, 7) is 4.23. The van der Waals surface area contributed by atoms with Gasteiger partial charge in [0.05, 0.1) is 23.7 Å². The Morgan fingerprint density at radius 1 is 1.11 bits per heavy atom. The van der Waals surface area contributed by atoms with Gasteiger partial charge in [0.15, 0.2) is 5.65 Å². The van der Waals surface area contributed by atoms with Crippen LogP contribution in [-0.4, -0.2) is 50.6 Å². The maximum atomic E-state index is 14.1. The van der Waals surface area contributed by atoms with Crippen LogP contribution in [0.3, 0.4) is 0 Å². The number of nitrogens with zero attached hydrogens (tertiary/aromatic N) is 5. The number of hydrogen-bond acceptors (Lipinski definition) is 5. The van der Waals surface area contributed by atoms with Crippen LogP contribution in [0.5, 0.6) is 0 Å². The molecule has 0 radical (unpaired) electrons. The van der Waals surface area contributed by atoms with Gasteiger partial charge in [0.1, 0.15) is 5.56 Å². The lowest BCUT2D eigenvalue weighted by Crippen LogP contribution is -2.32. The van der Waals surface area contributed by atoms with Gasteiger partial charge in [-0.1, -0.05) is 42.2 Å². The van der Waals surface area contributed by atoms with Crippen molar-refractivity contribution in [2.24, 2.45) is 0 Å². The molecule has 3 aromatic heterocycles. The Hall–Kier alpha value is -4.74. The molecule has 0 fully saturated rings. The molecular formula is C30H28N6O2. The molecule has 0 saturated carbocycles. The lowest BCUT2D eigenvalue weighted by molar-refractivity contribution is 0.0939. The summed E-state index contributed by atoms with van der Waals surface area (Å²) in [7, 11) is 3.90. The van der Waals surface area contributed by atoms with Crippen molar-refractivity contribution in [1.82, 2.24) is 29.4 Å². The van der Waals surface area contributed by atoms with Crippen LogP contribution >= 0.6 is 0 Å². The number of para-hydroxylation sites is 1. The van der Waals surface area contributed by atoms with E-state index in [1.54, 1.807) is 34.5 Å². The molecule has 0 bridgehead atoms. The molecule has 0 aliphatic rings. The minimum atomic E-state index is -0.499. The number of amides is 1. The molecular weight excluding hydrogens is 476 g/mol. The van der Waals surface area contributed by atoms with Crippen molar-refractivity contribution < 1.29 is 4.79 Å². The quantitative estimate of drug-likeness (QED) is 0.369. The first kappa shape index (κ1) is 24.9. The van der Waals surface area contributed by atoms with Gasteiger partial charge in [0.25, 0.3) is 11.5 Å². The topological polar surface area (TPSA) is 84.5 Å². The number of fused-ring (bicyclic) bond motifs is 2. The Bertz CT molecular complexity index is 1770. The summed E-state index contributed by atoms with van der Waals surface area (Å²) >= 11 is 0. The van der Waals surface area contributed by atoms with Gasteiger partial charge < -0.3 is 5.32 Å². The number of aromatic nitrogens is 4. The molecule has 38 heavy (non-hydrogen) atoms. The van der Waals surface area contributed by atoms with E-state index in [1.807, 2.05) is 80.5 Å². The molecule has 190 valence electrons. The Morgan fingerprint density at radius 3 is 2.66 bits per heavy atom. The second-order valence-corrected chi connectivity index (χ2v) is 9.40. The Labute approximate surface area is 220 Å². The highest BCUT2D eigenvalue weighted by atomic mass is 16.2. The van der Waals surface area contributed by atoms with E-state index in [0.29, 0.717) is 45.8 Å². The molecule has 0 aliphatic carbocycles. The molecule has 2 aromatic carbocycles. The van der Waals surface area contributed by atoms with E-state index in [-0.39, 0.29) is 11.5 Å². The number of rotatable bonds is 5. The lowest BCUT2D eigenvalue weighted by Gasteiger charge is -2.21. The van der Waals surface area contributed by atoms with E-state index in [9.17, 15) is 9.59 Å². The number of aryl methyl sites for hydroxylation is 1. The molecule has 3 heterocycles. The fourth-order valence-corrected chi connectivity index (χ4v) is 4.55. The maximum absolute atomic E-state index is 14.1. The first-order valence-corrected chi connectivity index (χ1v) is 12.3. The van der Waals surface area contributed by atoms with Crippen LogP contribution in [0.25, 0.3) is 22.1 Å². The third kappa shape index (κ3) is 4.67. The van der Waals surface area contributed by atoms with Crippen molar-refractivity contribution in [2.75, 3.05) is 20.6 Å². The van der Waals surface area contributed by atoms with Crippen LogP contribution in [-0.2, 0) is 0 Å². The molecule has 5 rings (SSSR count). The van der Waals surface area contributed by atoms with Crippen LogP contribution in [0.2, 0.25) is 0 Å². The Kier molecular flexibility index (Phi) is 6.77. The van der Waals surface area contributed by atoms with E-state index in [1.165, 1.54) is 0 Å². The Balaban J connectivity index is 1.63. The van der Waals surface area contributed by atoms with Crippen molar-refractivity contribution in [3.63, 3.8) is 0 Å². The molecule has 1 amide bonds. The van der Waals surface area contributed by atoms with Gasteiger partial charge in [-0.25, -0.2) is 9.50 Å². The van der Waals surface area contributed by atoms with Crippen LogP contribution in [0.1, 0.15) is 40.3 Å². The number of pyridine rings is 1. The van der Waals surface area contributed by atoms with Gasteiger partial charge >= 0.3 is 0 Å². The molecule has 0 spiro atoms. The zero-order valence-corrected chi connectivity index (χ0v) is 21.8. The summed E-state index contributed by atoms with van der Waals surface area (Å²) in [4.78, 5) is 33.8. The van der Waals surface area contributed by atoms with E-state index >= 15 is 0 Å². The van der Waals surface area contributed by atoms with Crippen molar-refractivity contribution in [3.8, 4) is 17.5 Å². The zero-order chi connectivity index (χ0) is 26.8. The van der Waals surface area contributed by atoms with Gasteiger partial charge in [-0.15, -0.1) is 0 Å². The van der Waals surface area contributed by atoms with E-state index in [4.69, 9.17) is 0 Å². The minimum Gasteiger partial charge on any atom is -0.344 e. The predicted octanol–water partition coefficient (Wildman–Crippen LogP) is 3.75. The Morgan fingerprint density at radius 2 is 1.89 bits per heavy atom. The number of carbonyl (C=O) groups excluding carboxylic acids is 1. The fourth-order valence-electron chi connectivity index (χ4n) is 4.55. The van der Waals surface area contributed by atoms with E-state index in [0.717, 1.165) is 5.39 Å². The normalized spacial score (nSPS) is 11.9. The highest BCUT2D eigenvalue weighted by molar-refractivity contribution is 6.01. The minimum absolute atomic E-state index is 0.187. The van der Waals surface area contributed by atoms with E-state index in [2.05, 4.69) is 27.2 Å². The van der Waals surface area contributed by atoms with Gasteiger partial charge in [0, 0.05) is 29.3 Å². The van der Waals surface area contributed by atoms with Gasteiger partial charge in [-0.05, 0) is 63.7 Å². The molecule has 1 atom stereocenters. The monoisotopic (exact) mass is 504 g/mol. The van der Waals surface area contributed by atoms with Gasteiger partial charge in [-0.3, -0.25) is 19.1 Å². The van der Waals surface area contributed by atoms with Crippen molar-refractivity contribution in [2.45, 2.75) is 19.9 Å². The SMILES string of the molecule is Cc1nn2cccnc2c1C(=O)N[C@@H](C)c1cc2cccc(C#CCN(C)C)c2c(=O)n1-c1ccccc1. The highest BCUT2D eigenvalue weighted by Gasteiger charge is 2.23.